The number of benzene rings is 1. The predicted octanol–water partition coefficient (Wildman–Crippen LogP) is 2.62. The Bertz CT molecular complexity index is 598. The number of hydrogen-bond acceptors (Lipinski definition) is 3. The number of rotatable bonds is 4. The van der Waals surface area contributed by atoms with Crippen LogP contribution in [0.3, 0.4) is 0 Å². The number of halogens is 1. The smallest absolute Gasteiger partial charge is 0.251 e. The van der Waals surface area contributed by atoms with E-state index in [1.807, 2.05) is 13.8 Å². The topological polar surface area (TPSA) is 54.9 Å². The molecule has 0 bridgehead atoms. The average Bonchev–Trinajstić information content (AvgIpc) is 2.44. The first-order valence-electron chi connectivity index (χ1n) is 6.07. The highest BCUT2D eigenvalue weighted by Crippen LogP contribution is 2.16. The Hall–Kier alpha value is -1.68. The van der Waals surface area contributed by atoms with Crippen molar-refractivity contribution in [3.8, 4) is 0 Å². The van der Waals surface area contributed by atoms with Gasteiger partial charge in [0, 0.05) is 30.4 Å². The zero-order valence-corrected chi connectivity index (χ0v) is 11.7. The Kier molecular flexibility index (Phi) is 4.00. The number of alkyl halides is 1. The second-order valence-electron chi connectivity index (χ2n) is 5.24. The summed E-state index contributed by atoms with van der Waals surface area (Å²) in [6.07, 6.45) is 3.24. The molecule has 0 radical (unpaired) electrons. The molecule has 0 atom stereocenters. The van der Waals surface area contributed by atoms with Gasteiger partial charge in [-0.3, -0.25) is 14.8 Å². The van der Waals surface area contributed by atoms with Gasteiger partial charge in [0.15, 0.2) is 0 Å². The molecule has 0 saturated carbocycles. The summed E-state index contributed by atoms with van der Waals surface area (Å²) in [6, 6.07) is 5.29. The quantitative estimate of drug-likeness (QED) is 0.874. The zero-order chi connectivity index (χ0) is 13.9. The fourth-order valence-electron chi connectivity index (χ4n) is 1.57. The maximum Gasteiger partial charge on any atom is 0.251 e. The lowest BCUT2D eigenvalue weighted by molar-refractivity contribution is 0.0940. The summed E-state index contributed by atoms with van der Waals surface area (Å²) in [5.74, 6) is 0.377. The van der Waals surface area contributed by atoms with Crippen LogP contribution in [-0.4, -0.2) is 28.3 Å². The van der Waals surface area contributed by atoms with Crippen LogP contribution in [0.5, 0.6) is 0 Å². The number of carbonyl (C=O) groups excluding carboxylic acids is 1. The highest BCUT2D eigenvalue weighted by molar-refractivity contribution is 6.18. The van der Waals surface area contributed by atoms with Crippen molar-refractivity contribution in [2.24, 2.45) is 5.41 Å². The summed E-state index contributed by atoms with van der Waals surface area (Å²) in [5.41, 5.74) is 1.96. The van der Waals surface area contributed by atoms with E-state index in [0.29, 0.717) is 23.5 Å². The van der Waals surface area contributed by atoms with Gasteiger partial charge in [0.05, 0.1) is 11.0 Å². The fraction of sp³-hybridized carbons (Fsp3) is 0.357. The van der Waals surface area contributed by atoms with Gasteiger partial charge in [0.1, 0.15) is 0 Å². The van der Waals surface area contributed by atoms with Gasteiger partial charge < -0.3 is 5.32 Å². The summed E-state index contributed by atoms with van der Waals surface area (Å²) in [4.78, 5) is 20.4. The van der Waals surface area contributed by atoms with Crippen molar-refractivity contribution in [3.05, 3.63) is 36.2 Å². The van der Waals surface area contributed by atoms with E-state index in [1.54, 1.807) is 30.6 Å². The maximum atomic E-state index is 12.0. The Labute approximate surface area is 117 Å². The van der Waals surface area contributed by atoms with E-state index in [9.17, 15) is 4.79 Å². The minimum absolute atomic E-state index is 0.117. The van der Waals surface area contributed by atoms with Gasteiger partial charge in [-0.15, -0.1) is 11.6 Å². The molecule has 1 N–H and O–H groups in total. The third-order valence-electron chi connectivity index (χ3n) is 2.82. The second-order valence-corrected chi connectivity index (χ2v) is 5.51. The van der Waals surface area contributed by atoms with Crippen molar-refractivity contribution in [2.45, 2.75) is 13.8 Å². The second kappa shape index (κ2) is 5.53. The molecule has 0 unspecified atom stereocenters. The third kappa shape index (κ3) is 3.41. The van der Waals surface area contributed by atoms with Gasteiger partial charge in [-0.1, -0.05) is 13.8 Å². The molecule has 0 aliphatic carbocycles. The fourth-order valence-corrected chi connectivity index (χ4v) is 1.67. The molecule has 0 fully saturated rings. The van der Waals surface area contributed by atoms with Gasteiger partial charge in [-0.2, -0.15) is 0 Å². The molecule has 1 heterocycles. The first-order valence-corrected chi connectivity index (χ1v) is 6.60. The first-order chi connectivity index (χ1) is 9.02. The van der Waals surface area contributed by atoms with Crippen LogP contribution in [0.1, 0.15) is 24.2 Å². The number of nitrogens with zero attached hydrogens (tertiary/aromatic N) is 2. The van der Waals surface area contributed by atoms with Crippen molar-refractivity contribution < 1.29 is 4.79 Å². The third-order valence-corrected chi connectivity index (χ3v) is 3.54. The Balaban J connectivity index is 2.13. The van der Waals surface area contributed by atoms with Crippen LogP contribution in [0.2, 0.25) is 0 Å². The van der Waals surface area contributed by atoms with Crippen LogP contribution < -0.4 is 5.32 Å². The van der Waals surface area contributed by atoms with Crippen LogP contribution >= 0.6 is 11.6 Å². The SMILES string of the molecule is CC(C)(CCl)CNC(=O)c1ccc2nccnc2c1. The summed E-state index contributed by atoms with van der Waals surface area (Å²) in [7, 11) is 0. The molecule has 19 heavy (non-hydrogen) atoms. The van der Waals surface area contributed by atoms with Crippen LogP contribution in [0.4, 0.5) is 0 Å². The molecule has 0 aliphatic heterocycles. The number of aromatic nitrogens is 2. The van der Waals surface area contributed by atoms with E-state index in [1.165, 1.54) is 0 Å². The van der Waals surface area contributed by atoms with E-state index in [2.05, 4.69) is 15.3 Å². The van der Waals surface area contributed by atoms with E-state index < -0.39 is 0 Å². The van der Waals surface area contributed by atoms with Crippen LogP contribution in [0.25, 0.3) is 11.0 Å². The molecule has 5 heteroatoms. The number of carbonyl (C=O) groups is 1. The minimum atomic E-state index is -0.120. The number of hydrogen-bond donors (Lipinski definition) is 1. The Morgan fingerprint density at radius 1 is 1.26 bits per heavy atom. The molecule has 0 aliphatic rings. The van der Waals surface area contributed by atoms with Crippen molar-refractivity contribution >= 4 is 28.5 Å². The summed E-state index contributed by atoms with van der Waals surface area (Å²) in [5, 5.41) is 2.88. The van der Waals surface area contributed by atoms with Gasteiger partial charge >= 0.3 is 0 Å². The molecule has 2 rings (SSSR count). The van der Waals surface area contributed by atoms with Crippen LogP contribution in [-0.2, 0) is 0 Å². The van der Waals surface area contributed by atoms with Gasteiger partial charge in [0.25, 0.3) is 5.91 Å². The molecule has 0 spiro atoms. The van der Waals surface area contributed by atoms with Crippen molar-refractivity contribution in [1.82, 2.24) is 15.3 Å². The summed E-state index contributed by atoms with van der Waals surface area (Å²) < 4.78 is 0. The molecule has 2 aromatic rings. The lowest BCUT2D eigenvalue weighted by atomic mass is 9.96. The van der Waals surface area contributed by atoms with E-state index >= 15 is 0 Å². The molecule has 1 aromatic carbocycles. The summed E-state index contributed by atoms with van der Waals surface area (Å²) in [6.45, 7) is 4.55. The van der Waals surface area contributed by atoms with Gasteiger partial charge in [-0.25, -0.2) is 0 Å². The monoisotopic (exact) mass is 277 g/mol. The van der Waals surface area contributed by atoms with Crippen LogP contribution in [0, 0.1) is 5.41 Å². The molecular weight excluding hydrogens is 262 g/mol. The van der Waals surface area contributed by atoms with Crippen molar-refractivity contribution in [3.63, 3.8) is 0 Å². The van der Waals surface area contributed by atoms with Crippen LogP contribution in [0.15, 0.2) is 30.6 Å². The minimum Gasteiger partial charge on any atom is -0.351 e. The van der Waals surface area contributed by atoms with Crippen molar-refractivity contribution in [2.75, 3.05) is 12.4 Å². The standard InChI is InChI=1S/C14H16ClN3O/c1-14(2,8-15)9-18-13(19)10-3-4-11-12(7-10)17-6-5-16-11/h3-7H,8-9H2,1-2H3,(H,18,19). The Morgan fingerprint density at radius 3 is 2.63 bits per heavy atom. The predicted molar refractivity (Wildman–Crippen MR) is 76.4 cm³/mol. The average molecular weight is 278 g/mol. The lowest BCUT2D eigenvalue weighted by Gasteiger charge is -2.21. The zero-order valence-electron chi connectivity index (χ0n) is 11.0. The Morgan fingerprint density at radius 2 is 1.95 bits per heavy atom. The van der Waals surface area contributed by atoms with E-state index in [0.717, 1.165) is 5.52 Å². The molecule has 0 saturated heterocycles. The highest BCUT2D eigenvalue weighted by atomic mass is 35.5. The molecule has 1 amide bonds. The summed E-state index contributed by atoms with van der Waals surface area (Å²) >= 11 is 5.83. The number of amides is 1. The van der Waals surface area contributed by atoms with Crippen molar-refractivity contribution in [1.29, 1.82) is 0 Å². The molecular formula is C14H16ClN3O. The lowest BCUT2D eigenvalue weighted by Crippen LogP contribution is -2.34. The largest absolute Gasteiger partial charge is 0.351 e. The highest BCUT2D eigenvalue weighted by Gasteiger charge is 2.18. The molecule has 4 nitrogen and oxygen atoms in total. The van der Waals surface area contributed by atoms with Gasteiger partial charge in [-0.05, 0) is 23.6 Å². The normalized spacial score (nSPS) is 11.5. The number of fused-ring (bicyclic) bond motifs is 1. The van der Waals surface area contributed by atoms with E-state index in [-0.39, 0.29) is 11.3 Å². The van der Waals surface area contributed by atoms with Gasteiger partial charge in [0.2, 0.25) is 0 Å². The molecule has 100 valence electrons. The number of nitrogens with one attached hydrogen (secondary N) is 1. The van der Waals surface area contributed by atoms with E-state index in [4.69, 9.17) is 11.6 Å². The molecule has 1 aromatic heterocycles. The maximum absolute atomic E-state index is 12.0. The first kappa shape index (κ1) is 13.7.